The second-order valence-corrected chi connectivity index (χ2v) is 7.94. The molecule has 1 amide bonds. The zero-order chi connectivity index (χ0) is 22.8. The third-order valence-corrected chi connectivity index (χ3v) is 5.37. The van der Waals surface area contributed by atoms with E-state index < -0.39 is 24.0 Å². The lowest BCUT2D eigenvalue weighted by Gasteiger charge is -2.26. The van der Waals surface area contributed by atoms with Crippen LogP contribution in [0.4, 0.5) is 0 Å². The molecule has 0 aromatic heterocycles. The van der Waals surface area contributed by atoms with Gasteiger partial charge in [-0.2, -0.15) is 0 Å². The second kappa shape index (κ2) is 12.0. The lowest BCUT2D eigenvalue weighted by Crippen LogP contribution is -2.51. The number of hydrogen-bond acceptors (Lipinski definition) is 6. The topological polar surface area (TPSA) is 84.9 Å². The summed E-state index contributed by atoms with van der Waals surface area (Å²) in [5.41, 5.74) is 1.80. The summed E-state index contributed by atoms with van der Waals surface area (Å²) in [6, 6.07) is 17.7. The number of benzene rings is 2. The Balaban J connectivity index is 1.48. The highest BCUT2D eigenvalue weighted by atomic mass is 16.5. The van der Waals surface area contributed by atoms with E-state index in [1.165, 1.54) is 4.90 Å². The summed E-state index contributed by atoms with van der Waals surface area (Å²) in [7, 11) is 0. The van der Waals surface area contributed by atoms with Crippen LogP contribution in [0.25, 0.3) is 0 Å². The molecule has 7 heteroatoms. The molecular formula is C25H30N2O5. The van der Waals surface area contributed by atoms with Crippen LogP contribution in [-0.2, 0) is 37.1 Å². The molecule has 3 rings (SSSR count). The Bertz CT molecular complexity index is 888. The molecule has 32 heavy (non-hydrogen) atoms. The quantitative estimate of drug-likeness (QED) is 0.606. The van der Waals surface area contributed by atoms with Gasteiger partial charge in [0.05, 0.1) is 6.04 Å². The Hall–Kier alpha value is -3.19. The fourth-order valence-corrected chi connectivity index (χ4v) is 3.58. The summed E-state index contributed by atoms with van der Waals surface area (Å²) < 4.78 is 10.7. The van der Waals surface area contributed by atoms with Crippen molar-refractivity contribution in [2.45, 2.75) is 51.5 Å². The number of nitrogens with one attached hydrogen (secondary N) is 1. The largest absolute Gasteiger partial charge is 0.460 e. The second-order valence-electron chi connectivity index (χ2n) is 7.94. The minimum Gasteiger partial charge on any atom is -0.460 e. The standard InChI is InChI=1S/C25H30N2O5/c1-19(25(30)32-18-21-12-6-3-7-13-21)26-22-14-8-9-15-27(24(22)29)16-23(28)31-17-20-10-4-2-5-11-20/h2-7,10-13,19,22,26H,8-9,14-18H2,1H3/t19?,22-/m0/s1. The Morgan fingerprint density at radius 1 is 0.969 bits per heavy atom. The van der Waals surface area contributed by atoms with Crippen LogP contribution in [0.3, 0.4) is 0 Å². The van der Waals surface area contributed by atoms with Crippen LogP contribution in [-0.4, -0.2) is 47.9 Å². The van der Waals surface area contributed by atoms with Gasteiger partial charge in [0.1, 0.15) is 25.8 Å². The molecule has 0 radical (unpaired) electrons. The maximum atomic E-state index is 13.0. The van der Waals surface area contributed by atoms with Crippen LogP contribution < -0.4 is 5.32 Å². The number of likely N-dealkylation sites (tertiary alicyclic amines) is 1. The van der Waals surface area contributed by atoms with E-state index in [-0.39, 0.29) is 25.7 Å². The van der Waals surface area contributed by atoms with Gasteiger partial charge >= 0.3 is 11.9 Å². The minimum absolute atomic E-state index is 0.101. The Morgan fingerprint density at radius 3 is 2.19 bits per heavy atom. The van der Waals surface area contributed by atoms with Gasteiger partial charge in [-0.05, 0) is 37.3 Å². The molecule has 0 aliphatic carbocycles. The fourth-order valence-electron chi connectivity index (χ4n) is 3.58. The normalized spacial score (nSPS) is 17.3. The third kappa shape index (κ3) is 7.20. The minimum atomic E-state index is -0.641. The SMILES string of the molecule is CC(N[C@H]1CCCCN(CC(=O)OCc2ccccc2)C1=O)C(=O)OCc1ccccc1. The van der Waals surface area contributed by atoms with Gasteiger partial charge in [0.25, 0.3) is 0 Å². The van der Waals surface area contributed by atoms with E-state index in [0.29, 0.717) is 13.0 Å². The predicted molar refractivity (Wildman–Crippen MR) is 119 cm³/mol. The van der Waals surface area contributed by atoms with Crippen molar-refractivity contribution in [3.63, 3.8) is 0 Å². The predicted octanol–water partition coefficient (Wildman–Crippen LogP) is 2.83. The van der Waals surface area contributed by atoms with Crippen molar-refractivity contribution in [2.75, 3.05) is 13.1 Å². The molecule has 1 N–H and O–H groups in total. The smallest absolute Gasteiger partial charge is 0.325 e. The molecule has 2 aromatic carbocycles. The molecule has 1 saturated heterocycles. The van der Waals surface area contributed by atoms with Crippen molar-refractivity contribution >= 4 is 17.8 Å². The van der Waals surface area contributed by atoms with E-state index in [1.54, 1.807) is 6.92 Å². The first-order valence-corrected chi connectivity index (χ1v) is 11.0. The number of nitrogens with zero attached hydrogens (tertiary/aromatic N) is 1. The number of esters is 2. The Labute approximate surface area is 188 Å². The number of amides is 1. The van der Waals surface area contributed by atoms with E-state index in [2.05, 4.69) is 5.32 Å². The molecule has 1 aliphatic heterocycles. The van der Waals surface area contributed by atoms with Crippen LogP contribution in [0.15, 0.2) is 60.7 Å². The van der Waals surface area contributed by atoms with Gasteiger partial charge < -0.3 is 14.4 Å². The van der Waals surface area contributed by atoms with E-state index >= 15 is 0 Å². The van der Waals surface area contributed by atoms with Crippen molar-refractivity contribution in [1.82, 2.24) is 10.2 Å². The molecule has 1 heterocycles. The van der Waals surface area contributed by atoms with Crippen LogP contribution in [0, 0.1) is 0 Å². The summed E-state index contributed by atoms with van der Waals surface area (Å²) in [6.45, 7) is 2.43. The molecule has 1 fully saturated rings. The van der Waals surface area contributed by atoms with Crippen LogP contribution in [0.1, 0.15) is 37.3 Å². The van der Waals surface area contributed by atoms with Gasteiger partial charge in [0, 0.05) is 6.54 Å². The van der Waals surface area contributed by atoms with Crippen molar-refractivity contribution < 1.29 is 23.9 Å². The van der Waals surface area contributed by atoms with E-state index in [1.807, 2.05) is 60.7 Å². The van der Waals surface area contributed by atoms with Crippen LogP contribution in [0.5, 0.6) is 0 Å². The average Bonchev–Trinajstić information content (AvgIpc) is 2.99. The maximum Gasteiger partial charge on any atom is 0.325 e. The zero-order valence-corrected chi connectivity index (χ0v) is 18.4. The molecule has 170 valence electrons. The van der Waals surface area contributed by atoms with E-state index in [9.17, 15) is 14.4 Å². The number of rotatable bonds is 9. The monoisotopic (exact) mass is 438 g/mol. The summed E-state index contributed by atoms with van der Waals surface area (Å²) in [5.74, 6) is -1.06. The molecule has 7 nitrogen and oxygen atoms in total. The van der Waals surface area contributed by atoms with Gasteiger partial charge in [-0.3, -0.25) is 19.7 Å². The lowest BCUT2D eigenvalue weighted by molar-refractivity contribution is -0.151. The highest BCUT2D eigenvalue weighted by Crippen LogP contribution is 2.14. The molecule has 0 saturated carbocycles. The summed E-state index contributed by atoms with van der Waals surface area (Å²) in [6.07, 6.45) is 2.22. The lowest BCUT2D eigenvalue weighted by atomic mass is 10.1. The highest BCUT2D eigenvalue weighted by Gasteiger charge is 2.31. The van der Waals surface area contributed by atoms with Crippen molar-refractivity contribution in [3.8, 4) is 0 Å². The number of carbonyl (C=O) groups excluding carboxylic acids is 3. The maximum absolute atomic E-state index is 13.0. The molecule has 0 bridgehead atoms. The van der Waals surface area contributed by atoms with Crippen molar-refractivity contribution in [1.29, 1.82) is 0 Å². The fraction of sp³-hybridized carbons (Fsp3) is 0.400. The summed E-state index contributed by atoms with van der Waals surface area (Å²) >= 11 is 0. The molecule has 0 spiro atoms. The van der Waals surface area contributed by atoms with Crippen LogP contribution in [0.2, 0.25) is 0 Å². The van der Waals surface area contributed by atoms with E-state index in [4.69, 9.17) is 9.47 Å². The van der Waals surface area contributed by atoms with Gasteiger partial charge in [0.15, 0.2) is 0 Å². The molecule has 2 atom stereocenters. The third-order valence-electron chi connectivity index (χ3n) is 5.37. The Morgan fingerprint density at radius 2 is 1.56 bits per heavy atom. The zero-order valence-electron chi connectivity index (χ0n) is 18.4. The average molecular weight is 439 g/mol. The van der Waals surface area contributed by atoms with Gasteiger partial charge in [-0.1, -0.05) is 60.7 Å². The first-order chi connectivity index (χ1) is 15.5. The van der Waals surface area contributed by atoms with Crippen molar-refractivity contribution in [3.05, 3.63) is 71.8 Å². The number of carbonyl (C=O) groups is 3. The first kappa shape index (κ1) is 23.5. The van der Waals surface area contributed by atoms with Crippen molar-refractivity contribution in [2.24, 2.45) is 0 Å². The van der Waals surface area contributed by atoms with Gasteiger partial charge in [-0.25, -0.2) is 0 Å². The first-order valence-electron chi connectivity index (χ1n) is 11.0. The van der Waals surface area contributed by atoms with Crippen LogP contribution >= 0.6 is 0 Å². The highest BCUT2D eigenvalue weighted by molar-refractivity contribution is 5.87. The molecule has 1 aliphatic rings. The van der Waals surface area contributed by atoms with Gasteiger partial charge in [0.2, 0.25) is 5.91 Å². The Kier molecular flexibility index (Phi) is 8.80. The molecular weight excluding hydrogens is 408 g/mol. The molecule has 1 unspecified atom stereocenters. The number of hydrogen-bond donors (Lipinski definition) is 1. The number of ether oxygens (including phenoxy) is 2. The molecule has 2 aromatic rings. The van der Waals surface area contributed by atoms with Gasteiger partial charge in [-0.15, -0.1) is 0 Å². The van der Waals surface area contributed by atoms with E-state index in [0.717, 1.165) is 24.0 Å². The summed E-state index contributed by atoms with van der Waals surface area (Å²) in [4.78, 5) is 39.2. The summed E-state index contributed by atoms with van der Waals surface area (Å²) in [5, 5.41) is 3.09.